The summed E-state index contributed by atoms with van der Waals surface area (Å²) in [5.41, 5.74) is 2.41. The summed E-state index contributed by atoms with van der Waals surface area (Å²) < 4.78 is 0.784. The molecule has 1 aromatic rings. The maximum atomic E-state index is 9.90. The zero-order valence-electron chi connectivity index (χ0n) is 10.1. The number of aromatic nitrogens is 2. The number of halogens is 1. The maximum absolute atomic E-state index is 9.90. The number of nitrogen functional groups attached to an aromatic ring is 1. The van der Waals surface area contributed by atoms with Crippen LogP contribution in [0.5, 0.6) is 0 Å². The molecule has 0 aromatic carbocycles. The Morgan fingerprint density at radius 3 is 2.94 bits per heavy atom. The molecule has 0 radical (unpaired) electrons. The number of hydrogen-bond acceptors (Lipinski definition) is 6. The lowest BCUT2D eigenvalue weighted by Crippen LogP contribution is -2.30. The van der Waals surface area contributed by atoms with E-state index in [1.54, 1.807) is 6.20 Å². The summed E-state index contributed by atoms with van der Waals surface area (Å²) in [4.78, 5) is 8.20. The molecule has 5 N–H and O–H groups in total. The number of aliphatic hydroxyl groups is 1. The van der Waals surface area contributed by atoms with Crippen LogP contribution in [0.3, 0.4) is 0 Å². The molecule has 7 heteroatoms. The van der Waals surface area contributed by atoms with Crippen molar-refractivity contribution in [2.75, 3.05) is 17.3 Å². The summed E-state index contributed by atoms with van der Waals surface area (Å²) in [6.07, 6.45) is 5.69. The third-order valence-corrected chi connectivity index (χ3v) is 3.85. The van der Waals surface area contributed by atoms with E-state index in [0.717, 1.165) is 23.7 Å². The summed E-state index contributed by atoms with van der Waals surface area (Å²) >= 11 is 3.38. The monoisotopic (exact) mass is 315 g/mol. The summed E-state index contributed by atoms with van der Waals surface area (Å²) in [6, 6.07) is 0. The molecule has 1 heterocycles. The van der Waals surface area contributed by atoms with Gasteiger partial charge in [-0.2, -0.15) is 4.98 Å². The number of nitrogens with one attached hydrogen (secondary N) is 2. The van der Waals surface area contributed by atoms with Crippen molar-refractivity contribution in [2.45, 2.75) is 31.8 Å². The second-order valence-corrected chi connectivity index (χ2v) is 5.38. The molecule has 6 nitrogen and oxygen atoms in total. The first-order valence-corrected chi connectivity index (χ1v) is 6.91. The molecule has 0 bridgehead atoms. The maximum Gasteiger partial charge on any atom is 0.239 e. The van der Waals surface area contributed by atoms with Crippen molar-refractivity contribution in [2.24, 2.45) is 11.8 Å². The highest BCUT2D eigenvalue weighted by Crippen LogP contribution is 2.26. The van der Waals surface area contributed by atoms with Crippen LogP contribution in [0.25, 0.3) is 0 Å². The minimum Gasteiger partial charge on any atom is -0.393 e. The average Bonchev–Trinajstić information content (AvgIpc) is 2.39. The highest BCUT2D eigenvalue weighted by molar-refractivity contribution is 9.10. The molecule has 0 amide bonds. The van der Waals surface area contributed by atoms with E-state index in [0.29, 0.717) is 18.3 Å². The highest BCUT2D eigenvalue weighted by atomic mass is 79.9. The molecule has 2 atom stereocenters. The highest BCUT2D eigenvalue weighted by Gasteiger charge is 2.23. The van der Waals surface area contributed by atoms with Gasteiger partial charge in [-0.25, -0.2) is 10.8 Å². The van der Waals surface area contributed by atoms with Crippen LogP contribution in [-0.2, 0) is 0 Å². The molecule has 0 aliphatic heterocycles. The van der Waals surface area contributed by atoms with Gasteiger partial charge in [-0.1, -0.05) is 12.8 Å². The molecule has 100 valence electrons. The minimum atomic E-state index is -0.209. The summed E-state index contributed by atoms with van der Waals surface area (Å²) in [7, 11) is 0. The van der Waals surface area contributed by atoms with Gasteiger partial charge < -0.3 is 10.4 Å². The lowest BCUT2D eigenvalue weighted by Gasteiger charge is -2.27. The first kappa shape index (κ1) is 13.5. The van der Waals surface area contributed by atoms with Crippen LogP contribution in [-0.4, -0.2) is 27.7 Å². The Morgan fingerprint density at radius 2 is 2.22 bits per heavy atom. The van der Waals surface area contributed by atoms with Crippen LogP contribution in [0.2, 0.25) is 0 Å². The lowest BCUT2D eigenvalue weighted by molar-refractivity contribution is 0.0763. The largest absolute Gasteiger partial charge is 0.393 e. The van der Waals surface area contributed by atoms with E-state index < -0.39 is 0 Å². The Kier molecular flexibility index (Phi) is 4.73. The Balaban J connectivity index is 1.96. The summed E-state index contributed by atoms with van der Waals surface area (Å²) in [5, 5.41) is 13.1. The fourth-order valence-electron chi connectivity index (χ4n) is 2.21. The Bertz CT molecular complexity index is 403. The van der Waals surface area contributed by atoms with Crippen molar-refractivity contribution in [1.29, 1.82) is 0 Å². The molecule has 1 aliphatic carbocycles. The van der Waals surface area contributed by atoms with E-state index in [4.69, 9.17) is 5.84 Å². The molecule has 1 fully saturated rings. The van der Waals surface area contributed by atoms with E-state index in [9.17, 15) is 5.11 Å². The van der Waals surface area contributed by atoms with Crippen LogP contribution in [0.1, 0.15) is 25.7 Å². The molecule has 1 saturated carbocycles. The fraction of sp³-hybridized carbons (Fsp3) is 0.636. The van der Waals surface area contributed by atoms with E-state index in [2.05, 4.69) is 36.6 Å². The van der Waals surface area contributed by atoms with Crippen molar-refractivity contribution in [1.82, 2.24) is 9.97 Å². The average molecular weight is 316 g/mol. The van der Waals surface area contributed by atoms with Gasteiger partial charge in [0, 0.05) is 18.7 Å². The zero-order valence-corrected chi connectivity index (χ0v) is 11.7. The van der Waals surface area contributed by atoms with Gasteiger partial charge in [-0.15, -0.1) is 0 Å². The van der Waals surface area contributed by atoms with Gasteiger partial charge in [0.1, 0.15) is 5.82 Å². The number of hydrogen-bond donors (Lipinski definition) is 4. The quantitative estimate of drug-likeness (QED) is 0.496. The van der Waals surface area contributed by atoms with Crippen molar-refractivity contribution >= 4 is 27.7 Å². The first-order valence-electron chi connectivity index (χ1n) is 6.12. The second-order valence-electron chi connectivity index (χ2n) is 4.53. The van der Waals surface area contributed by atoms with E-state index in [1.165, 1.54) is 6.42 Å². The van der Waals surface area contributed by atoms with Gasteiger partial charge >= 0.3 is 0 Å². The zero-order chi connectivity index (χ0) is 13.0. The third kappa shape index (κ3) is 3.30. The number of aliphatic hydroxyl groups excluding tert-OH is 1. The summed E-state index contributed by atoms with van der Waals surface area (Å²) in [5.74, 6) is 6.61. The molecule has 18 heavy (non-hydrogen) atoms. The van der Waals surface area contributed by atoms with Gasteiger partial charge in [0.05, 0.1) is 10.6 Å². The van der Waals surface area contributed by atoms with Crippen LogP contribution >= 0.6 is 15.9 Å². The van der Waals surface area contributed by atoms with Crippen LogP contribution in [0.4, 0.5) is 11.8 Å². The van der Waals surface area contributed by atoms with Gasteiger partial charge in [0.25, 0.3) is 0 Å². The Hall–Kier alpha value is -0.920. The second kappa shape index (κ2) is 6.31. The standard InChI is InChI=1S/C11H18BrN5O/c12-8-6-15-11(17-13)16-10(8)14-5-7-3-1-2-4-9(7)18/h6-7,9,18H,1-5,13H2,(H2,14,15,16,17). The fourth-order valence-corrected chi connectivity index (χ4v) is 2.55. The molecule has 1 aromatic heterocycles. The van der Waals surface area contributed by atoms with Crippen LogP contribution < -0.4 is 16.6 Å². The molecule has 2 rings (SSSR count). The number of nitrogens with two attached hydrogens (primary N) is 1. The molecular formula is C11H18BrN5O. The normalized spacial score (nSPS) is 23.7. The SMILES string of the molecule is NNc1ncc(Br)c(NCC2CCCCC2O)n1. The third-order valence-electron chi connectivity index (χ3n) is 3.27. The first-order chi connectivity index (χ1) is 8.70. The van der Waals surface area contributed by atoms with Crippen LogP contribution in [0.15, 0.2) is 10.7 Å². The number of hydrazine groups is 1. The van der Waals surface area contributed by atoms with Gasteiger partial charge in [-0.05, 0) is 28.8 Å². The summed E-state index contributed by atoms with van der Waals surface area (Å²) in [6.45, 7) is 0.709. The lowest BCUT2D eigenvalue weighted by atomic mass is 9.86. The van der Waals surface area contributed by atoms with E-state index in [1.807, 2.05) is 0 Å². The predicted octanol–water partition coefficient (Wildman–Crippen LogP) is 1.49. The molecule has 0 saturated heterocycles. The molecule has 1 aliphatic rings. The van der Waals surface area contributed by atoms with E-state index in [-0.39, 0.29) is 12.0 Å². The number of anilines is 2. The molecule has 2 unspecified atom stereocenters. The number of nitrogens with zero attached hydrogens (tertiary/aromatic N) is 2. The smallest absolute Gasteiger partial charge is 0.239 e. The van der Waals surface area contributed by atoms with Crippen molar-refractivity contribution in [3.8, 4) is 0 Å². The number of rotatable bonds is 4. The topological polar surface area (TPSA) is 96.1 Å². The minimum absolute atomic E-state index is 0.209. The van der Waals surface area contributed by atoms with Gasteiger partial charge in [0.15, 0.2) is 0 Å². The predicted molar refractivity (Wildman–Crippen MR) is 74.0 cm³/mol. The van der Waals surface area contributed by atoms with Crippen molar-refractivity contribution in [3.63, 3.8) is 0 Å². The van der Waals surface area contributed by atoms with Crippen molar-refractivity contribution in [3.05, 3.63) is 10.7 Å². The van der Waals surface area contributed by atoms with Gasteiger partial charge in [-0.3, -0.25) is 5.43 Å². The van der Waals surface area contributed by atoms with Crippen LogP contribution in [0, 0.1) is 5.92 Å². The van der Waals surface area contributed by atoms with E-state index >= 15 is 0 Å². The molecule has 0 spiro atoms. The Morgan fingerprint density at radius 1 is 1.44 bits per heavy atom. The Labute approximate surface area is 114 Å². The van der Waals surface area contributed by atoms with Gasteiger partial charge in [0.2, 0.25) is 5.95 Å². The molecular weight excluding hydrogens is 298 g/mol. The van der Waals surface area contributed by atoms with Crippen molar-refractivity contribution < 1.29 is 5.11 Å².